The van der Waals surface area contributed by atoms with Gasteiger partial charge in [0.2, 0.25) is 0 Å². The number of unbranched alkanes of at least 4 members (excludes halogenated alkanes) is 14. The summed E-state index contributed by atoms with van der Waals surface area (Å²) in [7, 11) is 1.43. The van der Waals surface area contributed by atoms with Crippen LogP contribution in [0.3, 0.4) is 0 Å². The first kappa shape index (κ1) is 52.7. The molecule has 10 heteroatoms. The molecule has 1 N–H and O–H groups in total. The summed E-state index contributed by atoms with van der Waals surface area (Å²) in [4.78, 5) is 35.3. The van der Waals surface area contributed by atoms with Gasteiger partial charge < -0.3 is 18.9 Å². The standard InChI is InChI=1S/C45H80NO8P/c1-6-8-10-12-14-16-18-20-22-23-24-26-27-29-31-33-35-37-44(47)51-41-43(42-53-55(49,50)52-40-39-46(3,4)5)54-45(48)38-36-34-32-30-28-25-21-19-17-15-13-11-9-7-2/h14,16,19-22,24,26,29,31,43H,6-13,15,17-18,23,25,27-28,30,32-42H2,1-5H3/p+1/b16-14-,21-19-,22-20-,26-24-,31-29-/t43-/m1/s1. The molecular formula is C45H81NO8P+. The van der Waals surface area contributed by atoms with Gasteiger partial charge in [-0.25, -0.2) is 4.57 Å². The van der Waals surface area contributed by atoms with Crippen LogP contribution in [0.5, 0.6) is 0 Å². The zero-order chi connectivity index (χ0) is 40.7. The molecule has 0 aliphatic carbocycles. The molecule has 0 aromatic rings. The summed E-state index contributed by atoms with van der Waals surface area (Å²) in [5, 5.41) is 0. The van der Waals surface area contributed by atoms with Crippen molar-refractivity contribution in [3.05, 3.63) is 60.8 Å². The molecule has 0 aromatic carbocycles. The maximum Gasteiger partial charge on any atom is 0.472 e. The van der Waals surface area contributed by atoms with Crippen LogP contribution in [0.15, 0.2) is 60.8 Å². The van der Waals surface area contributed by atoms with Crippen molar-refractivity contribution in [1.82, 2.24) is 0 Å². The first-order chi connectivity index (χ1) is 26.5. The van der Waals surface area contributed by atoms with Crippen LogP contribution in [0, 0.1) is 0 Å². The number of carbonyl (C=O) groups is 2. The maximum atomic E-state index is 12.7. The normalized spacial score (nSPS) is 14.2. The monoisotopic (exact) mass is 795 g/mol. The Morgan fingerprint density at radius 3 is 1.56 bits per heavy atom. The van der Waals surface area contributed by atoms with Crippen molar-refractivity contribution in [3.63, 3.8) is 0 Å². The number of likely N-dealkylation sites (N-methyl/N-ethyl adjacent to an activating group) is 1. The Labute approximate surface area is 336 Å². The van der Waals surface area contributed by atoms with E-state index in [0.29, 0.717) is 23.9 Å². The Kier molecular flexibility index (Phi) is 35.7. The highest BCUT2D eigenvalue weighted by molar-refractivity contribution is 7.47. The summed E-state index contributed by atoms with van der Waals surface area (Å²) in [5.41, 5.74) is 0. The lowest BCUT2D eigenvalue weighted by Gasteiger charge is -2.24. The molecule has 2 atom stereocenters. The van der Waals surface area contributed by atoms with Crippen LogP contribution in [-0.2, 0) is 32.7 Å². The molecule has 0 saturated heterocycles. The Morgan fingerprint density at radius 1 is 0.564 bits per heavy atom. The van der Waals surface area contributed by atoms with Gasteiger partial charge in [-0.2, -0.15) is 0 Å². The number of phosphoric ester groups is 1. The number of rotatable bonds is 38. The number of carbonyl (C=O) groups excluding carboxylic acids is 2. The number of hydrogen-bond acceptors (Lipinski definition) is 7. The molecule has 0 aliphatic heterocycles. The van der Waals surface area contributed by atoms with E-state index in [2.05, 4.69) is 74.6 Å². The van der Waals surface area contributed by atoms with E-state index in [1.807, 2.05) is 21.1 Å². The SMILES string of the molecule is CCCCC/C=C\C/C=C\C/C=C\C/C=C\CCCC(=O)OC[C@H](COP(=O)(O)OCC[N+](C)(C)C)OC(=O)CCCCCCC/C=C\CCCCCCC. The highest BCUT2D eigenvalue weighted by Gasteiger charge is 2.27. The number of allylic oxidation sites excluding steroid dienone is 10. The minimum Gasteiger partial charge on any atom is -0.462 e. The molecule has 0 bridgehead atoms. The summed E-state index contributed by atoms with van der Waals surface area (Å²) in [6.45, 7) is 4.29. The van der Waals surface area contributed by atoms with Gasteiger partial charge in [0.05, 0.1) is 27.7 Å². The first-order valence-corrected chi connectivity index (χ1v) is 23.0. The lowest BCUT2D eigenvalue weighted by molar-refractivity contribution is -0.870. The highest BCUT2D eigenvalue weighted by atomic mass is 31.2. The third kappa shape index (κ3) is 41.2. The molecule has 1 unspecified atom stereocenters. The number of quaternary nitrogens is 1. The van der Waals surface area contributed by atoms with Crippen LogP contribution in [0.1, 0.15) is 162 Å². The van der Waals surface area contributed by atoms with Crippen molar-refractivity contribution >= 4 is 19.8 Å². The molecule has 0 spiro atoms. The van der Waals surface area contributed by atoms with Gasteiger partial charge in [0, 0.05) is 12.8 Å². The lowest BCUT2D eigenvalue weighted by Crippen LogP contribution is -2.37. The van der Waals surface area contributed by atoms with E-state index in [1.165, 1.54) is 64.2 Å². The molecule has 0 radical (unpaired) electrons. The van der Waals surface area contributed by atoms with E-state index >= 15 is 0 Å². The molecule has 0 aliphatic rings. The minimum atomic E-state index is -4.39. The summed E-state index contributed by atoms with van der Waals surface area (Å²) in [6, 6.07) is 0. The smallest absolute Gasteiger partial charge is 0.462 e. The van der Waals surface area contributed by atoms with Crippen molar-refractivity contribution < 1.29 is 42.1 Å². The van der Waals surface area contributed by atoms with Crippen LogP contribution in [-0.4, -0.2) is 74.9 Å². The molecule has 0 amide bonds. The zero-order valence-electron chi connectivity index (χ0n) is 35.6. The van der Waals surface area contributed by atoms with Crippen molar-refractivity contribution in [2.45, 2.75) is 168 Å². The number of nitrogens with zero attached hydrogens (tertiary/aromatic N) is 1. The summed E-state index contributed by atoms with van der Waals surface area (Å²) in [5.74, 6) is -0.879. The largest absolute Gasteiger partial charge is 0.472 e. The van der Waals surface area contributed by atoms with E-state index in [-0.39, 0.29) is 26.1 Å². The fourth-order valence-electron chi connectivity index (χ4n) is 5.35. The minimum absolute atomic E-state index is 0.0194. The molecule has 55 heavy (non-hydrogen) atoms. The third-order valence-electron chi connectivity index (χ3n) is 8.77. The number of ether oxygens (including phenoxy) is 2. The summed E-state index contributed by atoms with van der Waals surface area (Å²) in [6.07, 6.45) is 44.1. The number of phosphoric acid groups is 1. The Hall–Kier alpha value is -2.29. The molecule has 0 aromatic heterocycles. The molecule has 318 valence electrons. The van der Waals surface area contributed by atoms with Crippen LogP contribution in [0.25, 0.3) is 0 Å². The maximum absolute atomic E-state index is 12.7. The lowest BCUT2D eigenvalue weighted by atomic mass is 10.1. The predicted molar refractivity (Wildman–Crippen MR) is 229 cm³/mol. The second kappa shape index (κ2) is 37.3. The van der Waals surface area contributed by atoms with Gasteiger partial charge in [-0.15, -0.1) is 0 Å². The van der Waals surface area contributed by atoms with Gasteiger partial charge >= 0.3 is 19.8 Å². The third-order valence-corrected chi connectivity index (χ3v) is 9.75. The Bertz CT molecular complexity index is 1120. The van der Waals surface area contributed by atoms with Crippen molar-refractivity contribution in [1.29, 1.82) is 0 Å². The van der Waals surface area contributed by atoms with Crippen molar-refractivity contribution in [2.75, 3.05) is 47.5 Å². The average Bonchev–Trinajstić information content (AvgIpc) is 3.13. The van der Waals surface area contributed by atoms with E-state index in [0.717, 1.165) is 57.8 Å². The fourth-order valence-corrected chi connectivity index (χ4v) is 6.09. The molecular weight excluding hydrogens is 713 g/mol. The quantitative estimate of drug-likeness (QED) is 0.0216. The topological polar surface area (TPSA) is 108 Å². The fraction of sp³-hybridized carbons (Fsp3) is 0.733. The van der Waals surface area contributed by atoms with E-state index in [1.54, 1.807) is 0 Å². The molecule has 9 nitrogen and oxygen atoms in total. The van der Waals surface area contributed by atoms with Gasteiger partial charge in [0.15, 0.2) is 6.10 Å². The van der Waals surface area contributed by atoms with E-state index in [4.69, 9.17) is 18.5 Å². The van der Waals surface area contributed by atoms with Gasteiger partial charge in [-0.1, -0.05) is 132 Å². The van der Waals surface area contributed by atoms with Crippen molar-refractivity contribution in [3.8, 4) is 0 Å². The van der Waals surface area contributed by atoms with Crippen LogP contribution in [0.4, 0.5) is 0 Å². The van der Waals surface area contributed by atoms with Crippen LogP contribution >= 0.6 is 7.82 Å². The summed E-state index contributed by atoms with van der Waals surface area (Å²) >= 11 is 0. The molecule has 0 saturated carbocycles. The van der Waals surface area contributed by atoms with Crippen LogP contribution < -0.4 is 0 Å². The van der Waals surface area contributed by atoms with Gasteiger partial charge in [0.1, 0.15) is 19.8 Å². The number of hydrogen-bond donors (Lipinski definition) is 1. The Balaban J connectivity index is 4.49. The Morgan fingerprint density at radius 2 is 1.00 bits per heavy atom. The van der Waals surface area contributed by atoms with Gasteiger partial charge in [-0.05, 0) is 77.0 Å². The average molecular weight is 795 g/mol. The van der Waals surface area contributed by atoms with Gasteiger partial charge in [0.25, 0.3) is 0 Å². The second-order valence-electron chi connectivity index (χ2n) is 15.4. The zero-order valence-corrected chi connectivity index (χ0v) is 36.5. The predicted octanol–water partition coefficient (Wildman–Crippen LogP) is 12.1. The van der Waals surface area contributed by atoms with E-state index in [9.17, 15) is 19.0 Å². The van der Waals surface area contributed by atoms with Gasteiger partial charge in [-0.3, -0.25) is 18.6 Å². The molecule has 0 rings (SSSR count). The second-order valence-corrected chi connectivity index (χ2v) is 16.8. The van der Waals surface area contributed by atoms with Crippen LogP contribution in [0.2, 0.25) is 0 Å². The summed E-state index contributed by atoms with van der Waals surface area (Å²) < 4.78 is 34.2. The molecule has 0 fully saturated rings. The molecule has 0 heterocycles. The van der Waals surface area contributed by atoms with Crippen molar-refractivity contribution in [2.24, 2.45) is 0 Å². The first-order valence-electron chi connectivity index (χ1n) is 21.5. The number of esters is 2. The highest BCUT2D eigenvalue weighted by Crippen LogP contribution is 2.43. The van der Waals surface area contributed by atoms with E-state index < -0.39 is 32.5 Å².